The summed E-state index contributed by atoms with van der Waals surface area (Å²) in [6.07, 6.45) is 31.3. The van der Waals surface area contributed by atoms with Crippen molar-refractivity contribution in [2.75, 3.05) is 13.2 Å². The van der Waals surface area contributed by atoms with Gasteiger partial charge < -0.3 is 19.3 Å². The second-order valence-corrected chi connectivity index (χ2v) is 14.4. The summed E-state index contributed by atoms with van der Waals surface area (Å²) in [5.41, 5.74) is 0. The molecule has 0 heterocycles. The highest BCUT2D eigenvalue weighted by Gasteiger charge is 2.21. The fraction of sp³-hybridized carbons (Fsp3) is 0.902. The van der Waals surface area contributed by atoms with Gasteiger partial charge in [0.15, 0.2) is 6.10 Å². The van der Waals surface area contributed by atoms with Crippen molar-refractivity contribution in [2.24, 2.45) is 5.92 Å². The largest absolute Gasteiger partial charge is 0.481 e. The topological polar surface area (TPSA) is 116 Å². The molecule has 1 unspecified atom stereocenters. The van der Waals surface area contributed by atoms with E-state index in [-0.39, 0.29) is 38.0 Å². The quantitative estimate of drug-likeness (QED) is 0.0387. The van der Waals surface area contributed by atoms with Crippen molar-refractivity contribution in [3.05, 3.63) is 0 Å². The van der Waals surface area contributed by atoms with E-state index in [1.807, 2.05) is 0 Å². The normalized spacial score (nSPS) is 11.8. The minimum atomic E-state index is -0.985. The maximum atomic E-state index is 12.5. The fourth-order valence-corrected chi connectivity index (χ4v) is 6.10. The lowest BCUT2D eigenvalue weighted by Gasteiger charge is -2.19. The highest BCUT2D eigenvalue weighted by Crippen LogP contribution is 2.15. The molecule has 0 aliphatic carbocycles. The minimum absolute atomic E-state index is 0.0807. The van der Waals surface area contributed by atoms with E-state index in [1.54, 1.807) is 6.92 Å². The Morgan fingerprint density at radius 2 is 0.755 bits per heavy atom. The van der Waals surface area contributed by atoms with Gasteiger partial charge in [-0.25, -0.2) is 0 Å². The van der Waals surface area contributed by atoms with Crippen molar-refractivity contribution < 1.29 is 38.5 Å². The second-order valence-electron chi connectivity index (χ2n) is 14.4. The van der Waals surface area contributed by atoms with Crippen LogP contribution in [0.5, 0.6) is 0 Å². The third-order valence-electron chi connectivity index (χ3n) is 9.17. The molecule has 0 fully saturated rings. The van der Waals surface area contributed by atoms with Gasteiger partial charge in [-0.15, -0.1) is 0 Å². The summed E-state index contributed by atoms with van der Waals surface area (Å²) >= 11 is 0. The zero-order valence-corrected chi connectivity index (χ0v) is 32.1. The summed E-state index contributed by atoms with van der Waals surface area (Å²) < 4.78 is 16.3. The van der Waals surface area contributed by atoms with Crippen LogP contribution < -0.4 is 0 Å². The molecule has 288 valence electrons. The van der Waals surface area contributed by atoms with E-state index >= 15 is 0 Å². The lowest BCUT2D eigenvalue weighted by molar-refractivity contribution is -0.167. The third-order valence-corrected chi connectivity index (χ3v) is 9.17. The van der Waals surface area contributed by atoms with Crippen LogP contribution in [0.15, 0.2) is 0 Å². The Bertz CT molecular complexity index is 752. The molecule has 1 atom stereocenters. The predicted molar refractivity (Wildman–Crippen MR) is 198 cm³/mol. The molecule has 0 aromatic heterocycles. The second kappa shape index (κ2) is 35.7. The van der Waals surface area contributed by atoms with E-state index in [0.717, 1.165) is 38.5 Å². The molecule has 0 aliphatic heterocycles. The Morgan fingerprint density at radius 3 is 1.06 bits per heavy atom. The van der Waals surface area contributed by atoms with Crippen LogP contribution in [0.4, 0.5) is 0 Å². The number of hydrogen-bond acceptors (Lipinski definition) is 7. The highest BCUT2D eigenvalue weighted by atomic mass is 16.6. The molecule has 0 amide bonds. The number of rotatable bonds is 37. The van der Waals surface area contributed by atoms with Gasteiger partial charge in [0.25, 0.3) is 0 Å². The molecule has 0 spiro atoms. The number of carboxylic acids is 1. The molecule has 0 saturated carbocycles. The molecule has 0 aromatic rings. The minimum Gasteiger partial charge on any atom is -0.481 e. The Hall–Kier alpha value is -2.12. The van der Waals surface area contributed by atoms with Crippen molar-refractivity contribution in [1.29, 1.82) is 0 Å². The molecule has 0 aliphatic rings. The number of hydrogen-bond donors (Lipinski definition) is 1. The van der Waals surface area contributed by atoms with Gasteiger partial charge in [0.05, 0.1) is 0 Å². The smallest absolute Gasteiger partial charge is 0.306 e. The van der Waals surface area contributed by atoms with Gasteiger partial charge in [-0.2, -0.15) is 0 Å². The van der Waals surface area contributed by atoms with Gasteiger partial charge in [0.1, 0.15) is 13.2 Å². The SMILES string of the molecule is CCCCCCCCCCCCCCCC(=O)OCC(COC(=O)CCCCCCCCCCCCCCC)OC(=O)CC(C)CC(=O)O. The molecule has 49 heavy (non-hydrogen) atoms. The summed E-state index contributed by atoms with van der Waals surface area (Å²) in [5.74, 6) is -2.70. The lowest BCUT2D eigenvalue weighted by atomic mass is 10.0. The number of carbonyl (C=O) groups excluding carboxylic acids is 3. The molecule has 0 radical (unpaired) electrons. The van der Waals surface area contributed by atoms with Crippen LogP contribution >= 0.6 is 0 Å². The van der Waals surface area contributed by atoms with Gasteiger partial charge in [-0.3, -0.25) is 19.2 Å². The van der Waals surface area contributed by atoms with Crippen LogP contribution in [0.3, 0.4) is 0 Å². The molecule has 8 nitrogen and oxygen atoms in total. The van der Waals surface area contributed by atoms with Crippen LogP contribution in [0, 0.1) is 5.92 Å². The monoisotopic (exact) mass is 697 g/mol. The summed E-state index contributed by atoms with van der Waals surface area (Å²) in [7, 11) is 0. The lowest BCUT2D eigenvalue weighted by Crippen LogP contribution is -2.31. The number of aliphatic carboxylic acids is 1. The number of esters is 3. The Balaban J connectivity index is 4.23. The fourth-order valence-electron chi connectivity index (χ4n) is 6.10. The van der Waals surface area contributed by atoms with E-state index in [4.69, 9.17) is 19.3 Å². The average molecular weight is 697 g/mol. The molecular formula is C41H76O8. The first-order valence-electron chi connectivity index (χ1n) is 20.5. The molecule has 0 rings (SSSR count). The van der Waals surface area contributed by atoms with Gasteiger partial charge in [-0.1, -0.05) is 175 Å². The van der Waals surface area contributed by atoms with Crippen LogP contribution in [0.25, 0.3) is 0 Å². The first-order chi connectivity index (χ1) is 23.8. The summed E-state index contributed by atoms with van der Waals surface area (Å²) in [6, 6.07) is 0. The summed E-state index contributed by atoms with van der Waals surface area (Å²) in [4.78, 5) is 48.2. The zero-order chi connectivity index (χ0) is 36.2. The van der Waals surface area contributed by atoms with Crippen LogP contribution in [-0.4, -0.2) is 48.3 Å². The Kier molecular flexibility index (Phi) is 34.2. The number of unbranched alkanes of at least 4 members (excludes halogenated alkanes) is 24. The van der Waals surface area contributed by atoms with Crippen molar-refractivity contribution in [3.8, 4) is 0 Å². The van der Waals surface area contributed by atoms with Gasteiger partial charge in [-0.05, 0) is 18.8 Å². The Morgan fingerprint density at radius 1 is 0.449 bits per heavy atom. The van der Waals surface area contributed by atoms with E-state index in [0.29, 0.717) is 12.8 Å². The molecule has 0 aromatic carbocycles. The third kappa shape index (κ3) is 35.5. The van der Waals surface area contributed by atoms with Gasteiger partial charge in [0, 0.05) is 25.7 Å². The Labute approximate surface area is 300 Å². The first kappa shape index (κ1) is 46.9. The van der Waals surface area contributed by atoms with E-state index in [2.05, 4.69) is 13.8 Å². The molecule has 0 saturated heterocycles. The van der Waals surface area contributed by atoms with Crippen molar-refractivity contribution in [1.82, 2.24) is 0 Å². The number of carboxylic acid groups (broad SMARTS) is 1. The molecule has 8 heteroatoms. The predicted octanol–water partition coefficient (Wildman–Crippen LogP) is 11.4. The molecular weight excluding hydrogens is 620 g/mol. The van der Waals surface area contributed by atoms with Gasteiger partial charge >= 0.3 is 23.9 Å². The first-order valence-corrected chi connectivity index (χ1v) is 20.5. The van der Waals surface area contributed by atoms with Crippen molar-refractivity contribution >= 4 is 23.9 Å². The summed E-state index contributed by atoms with van der Waals surface area (Å²) in [5, 5.41) is 8.99. The highest BCUT2D eigenvalue weighted by molar-refractivity contribution is 5.72. The van der Waals surface area contributed by atoms with Crippen LogP contribution in [-0.2, 0) is 33.4 Å². The molecule has 0 bridgehead atoms. The zero-order valence-electron chi connectivity index (χ0n) is 32.1. The van der Waals surface area contributed by atoms with E-state index in [1.165, 1.54) is 128 Å². The van der Waals surface area contributed by atoms with E-state index in [9.17, 15) is 19.2 Å². The number of ether oxygens (including phenoxy) is 3. The van der Waals surface area contributed by atoms with Crippen molar-refractivity contribution in [3.63, 3.8) is 0 Å². The van der Waals surface area contributed by atoms with Crippen LogP contribution in [0.2, 0.25) is 0 Å². The van der Waals surface area contributed by atoms with E-state index < -0.39 is 24.0 Å². The standard InChI is InChI=1S/C41H76O8/c1-4-6-8-10-12-14-16-18-20-22-24-26-28-30-39(44)47-34-37(49-41(46)33-36(3)32-38(42)43)35-48-40(45)31-29-27-25-23-21-19-17-15-13-11-9-7-5-2/h36-37H,4-35H2,1-3H3,(H,42,43). The van der Waals surface area contributed by atoms with Crippen LogP contribution in [0.1, 0.15) is 213 Å². The average Bonchev–Trinajstić information content (AvgIpc) is 3.06. The maximum absolute atomic E-state index is 12.5. The van der Waals surface area contributed by atoms with Gasteiger partial charge in [0.2, 0.25) is 0 Å². The summed E-state index contributed by atoms with van der Waals surface area (Å²) in [6.45, 7) is 5.77. The number of carbonyl (C=O) groups is 4. The maximum Gasteiger partial charge on any atom is 0.306 e. The van der Waals surface area contributed by atoms with Crippen molar-refractivity contribution in [2.45, 2.75) is 219 Å². The molecule has 1 N–H and O–H groups in total.